The van der Waals surface area contributed by atoms with Crippen LogP contribution >= 0.6 is 0 Å². The van der Waals surface area contributed by atoms with Crippen molar-refractivity contribution in [2.75, 3.05) is 0 Å². The van der Waals surface area contributed by atoms with E-state index in [1.807, 2.05) is 0 Å². The number of nitrogens with zero attached hydrogens (tertiary/aromatic N) is 1. The minimum atomic E-state index is 0.379. The molecule has 0 fully saturated rings. The predicted octanol–water partition coefficient (Wildman–Crippen LogP) is 0.560. The van der Waals surface area contributed by atoms with Gasteiger partial charge in [-0.3, -0.25) is 0 Å². The van der Waals surface area contributed by atoms with Crippen LogP contribution in [0.25, 0.3) is 0 Å². The molecule has 4 nitrogen and oxygen atoms in total. The van der Waals surface area contributed by atoms with Gasteiger partial charge in [0.05, 0.1) is 6.26 Å². The molecule has 1 aromatic heterocycles. The fraction of sp³-hybridized carbons (Fsp3) is 0. The number of furan rings is 1. The highest BCUT2D eigenvalue weighted by molar-refractivity contribution is 5.49. The maximum Gasteiger partial charge on any atom is 0.290 e. The van der Waals surface area contributed by atoms with Crippen LogP contribution in [-0.4, -0.2) is 6.40 Å². The summed E-state index contributed by atoms with van der Waals surface area (Å²) >= 11 is 0. The lowest BCUT2D eigenvalue weighted by Gasteiger charge is -1.87. The molecule has 9 heavy (non-hydrogen) atoms. The van der Waals surface area contributed by atoms with Crippen molar-refractivity contribution in [1.82, 2.24) is 0 Å². The van der Waals surface area contributed by atoms with Gasteiger partial charge < -0.3 is 15.0 Å². The molecule has 0 amide bonds. The molecule has 0 aliphatic heterocycles. The molecule has 0 aromatic carbocycles. The van der Waals surface area contributed by atoms with Crippen LogP contribution in [-0.2, 0) is 0 Å². The zero-order valence-electron chi connectivity index (χ0n) is 4.65. The Kier molecular flexibility index (Phi) is 1.74. The van der Waals surface area contributed by atoms with E-state index in [1.54, 1.807) is 12.1 Å². The Hall–Kier alpha value is -1.45. The van der Waals surface area contributed by atoms with E-state index >= 15 is 0 Å². The Morgan fingerprint density at radius 1 is 1.78 bits per heavy atom. The first kappa shape index (κ1) is 5.68. The molecule has 1 rings (SSSR count). The predicted molar refractivity (Wildman–Crippen MR) is 32.0 cm³/mol. The van der Waals surface area contributed by atoms with Crippen molar-refractivity contribution >= 4 is 6.40 Å². The quantitative estimate of drug-likeness (QED) is 0.272. The van der Waals surface area contributed by atoms with Crippen LogP contribution < -0.4 is 10.6 Å². The Labute approximate surface area is 51.9 Å². The molecule has 0 saturated carbocycles. The first-order valence-corrected chi connectivity index (χ1v) is 2.35. The molecule has 0 spiro atoms. The van der Waals surface area contributed by atoms with E-state index in [1.165, 1.54) is 6.26 Å². The Balaban J connectivity index is 2.48. The molecule has 2 N–H and O–H groups in total. The van der Waals surface area contributed by atoms with Crippen molar-refractivity contribution in [3.8, 4) is 5.95 Å². The normalized spacial score (nSPS) is 10.2. The number of hydrazone groups is 1. The summed E-state index contributed by atoms with van der Waals surface area (Å²) < 4.78 is 9.48. The molecular weight excluding hydrogens is 120 g/mol. The molecule has 1 heterocycles. The monoisotopic (exact) mass is 126 g/mol. The second kappa shape index (κ2) is 2.76. The third-order valence-corrected chi connectivity index (χ3v) is 0.725. The topological polar surface area (TPSA) is 60.8 Å². The van der Waals surface area contributed by atoms with Gasteiger partial charge in [0.2, 0.25) is 6.40 Å². The molecule has 0 unspecified atom stereocenters. The average molecular weight is 126 g/mol. The van der Waals surface area contributed by atoms with Gasteiger partial charge in [-0.25, -0.2) is 0 Å². The summed E-state index contributed by atoms with van der Waals surface area (Å²) in [5.41, 5.74) is 0. The Bertz CT molecular complexity index is 181. The van der Waals surface area contributed by atoms with Crippen molar-refractivity contribution in [3.63, 3.8) is 0 Å². The first-order chi connectivity index (χ1) is 4.43. The van der Waals surface area contributed by atoms with Gasteiger partial charge in [-0.1, -0.05) is 0 Å². The van der Waals surface area contributed by atoms with Gasteiger partial charge in [0.1, 0.15) is 0 Å². The SMILES string of the molecule is N/N=C/Oc1ccco1. The number of rotatable bonds is 2. The second-order valence-corrected chi connectivity index (χ2v) is 1.30. The molecule has 0 bridgehead atoms. The highest BCUT2D eigenvalue weighted by Crippen LogP contribution is 2.07. The van der Waals surface area contributed by atoms with E-state index in [9.17, 15) is 0 Å². The number of hydrogen-bond donors (Lipinski definition) is 1. The van der Waals surface area contributed by atoms with Gasteiger partial charge in [-0.05, 0) is 6.07 Å². The minimum absolute atomic E-state index is 0.379. The van der Waals surface area contributed by atoms with Crippen LogP contribution in [0.2, 0.25) is 0 Å². The maximum absolute atomic E-state index is 4.77. The summed E-state index contributed by atoms with van der Waals surface area (Å²) in [7, 11) is 0. The van der Waals surface area contributed by atoms with Crippen molar-refractivity contribution in [2.45, 2.75) is 0 Å². The molecule has 1 aromatic rings. The van der Waals surface area contributed by atoms with E-state index < -0.39 is 0 Å². The average Bonchev–Trinajstić information content (AvgIpc) is 2.34. The highest BCUT2D eigenvalue weighted by atomic mass is 16.6. The van der Waals surface area contributed by atoms with Gasteiger partial charge in [0, 0.05) is 6.07 Å². The zero-order valence-corrected chi connectivity index (χ0v) is 4.65. The van der Waals surface area contributed by atoms with Crippen molar-refractivity contribution in [2.24, 2.45) is 10.9 Å². The highest BCUT2D eigenvalue weighted by Gasteiger charge is 1.88. The van der Waals surface area contributed by atoms with Gasteiger partial charge >= 0.3 is 0 Å². The lowest BCUT2D eigenvalue weighted by atomic mass is 10.7. The van der Waals surface area contributed by atoms with Gasteiger partial charge in [0.25, 0.3) is 5.95 Å². The molecule has 4 heteroatoms. The summed E-state index contributed by atoms with van der Waals surface area (Å²) in [5.74, 6) is 5.13. The third-order valence-electron chi connectivity index (χ3n) is 0.725. The van der Waals surface area contributed by atoms with Crippen LogP contribution in [0.15, 0.2) is 27.9 Å². The van der Waals surface area contributed by atoms with E-state index in [-0.39, 0.29) is 0 Å². The van der Waals surface area contributed by atoms with Crippen LogP contribution in [0.5, 0.6) is 5.95 Å². The van der Waals surface area contributed by atoms with Gasteiger partial charge in [-0.2, -0.15) is 5.10 Å². The Morgan fingerprint density at radius 2 is 2.67 bits per heavy atom. The summed E-state index contributed by atoms with van der Waals surface area (Å²) in [6.07, 6.45) is 2.60. The standard InChI is InChI=1S/C5H6N2O2/c6-7-4-9-5-2-1-3-8-5/h1-4H,6H2/b7-4+. The van der Waals surface area contributed by atoms with Crippen molar-refractivity contribution in [3.05, 3.63) is 18.4 Å². The molecule has 48 valence electrons. The van der Waals surface area contributed by atoms with Crippen molar-refractivity contribution in [1.29, 1.82) is 0 Å². The van der Waals surface area contributed by atoms with E-state index in [0.29, 0.717) is 5.95 Å². The third kappa shape index (κ3) is 1.49. The molecule has 0 aliphatic carbocycles. The molecular formula is C5H6N2O2. The number of hydrogen-bond acceptors (Lipinski definition) is 4. The lowest BCUT2D eigenvalue weighted by molar-refractivity contribution is 0.391. The first-order valence-electron chi connectivity index (χ1n) is 2.35. The molecule has 0 atom stereocenters. The fourth-order valence-electron chi connectivity index (χ4n) is 0.413. The zero-order chi connectivity index (χ0) is 6.53. The summed E-state index contributed by atoms with van der Waals surface area (Å²) in [6, 6.07) is 3.36. The smallest absolute Gasteiger partial charge is 0.290 e. The molecule has 0 saturated heterocycles. The van der Waals surface area contributed by atoms with Crippen LogP contribution in [0.1, 0.15) is 0 Å². The van der Waals surface area contributed by atoms with Gasteiger partial charge in [0.15, 0.2) is 0 Å². The van der Waals surface area contributed by atoms with E-state index in [0.717, 1.165) is 6.40 Å². The summed E-state index contributed by atoms with van der Waals surface area (Å²) in [4.78, 5) is 0. The van der Waals surface area contributed by atoms with Crippen LogP contribution in [0.4, 0.5) is 0 Å². The molecule has 0 radical (unpaired) electrons. The van der Waals surface area contributed by atoms with Crippen molar-refractivity contribution < 1.29 is 9.15 Å². The van der Waals surface area contributed by atoms with Gasteiger partial charge in [-0.15, -0.1) is 0 Å². The van der Waals surface area contributed by atoms with Crippen LogP contribution in [0.3, 0.4) is 0 Å². The number of ether oxygens (including phenoxy) is 1. The molecule has 0 aliphatic rings. The largest absolute Gasteiger partial charge is 0.434 e. The second-order valence-electron chi connectivity index (χ2n) is 1.30. The fourth-order valence-corrected chi connectivity index (χ4v) is 0.413. The summed E-state index contributed by atoms with van der Waals surface area (Å²) in [6.45, 7) is 0. The van der Waals surface area contributed by atoms with Crippen LogP contribution in [0, 0.1) is 0 Å². The Morgan fingerprint density at radius 3 is 3.22 bits per heavy atom. The maximum atomic E-state index is 4.77. The number of nitrogens with two attached hydrogens (primary N) is 1. The minimum Gasteiger partial charge on any atom is -0.434 e. The lowest BCUT2D eigenvalue weighted by Crippen LogP contribution is -1.90. The van der Waals surface area contributed by atoms with E-state index in [2.05, 4.69) is 5.10 Å². The summed E-state index contributed by atoms with van der Waals surface area (Å²) in [5, 5.41) is 3.10. The van der Waals surface area contributed by atoms with E-state index in [4.69, 9.17) is 15.0 Å².